The lowest BCUT2D eigenvalue weighted by atomic mass is 10.0. The fourth-order valence-electron chi connectivity index (χ4n) is 2.98. The highest BCUT2D eigenvalue weighted by Crippen LogP contribution is 2.22. The van der Waals surface area contributed by atoms with Gasteiger partial charge in [-0.3, -0.25) is 9.69 Å². The second-order valence-electron chi connectivity index (χ2n) is 7.11. The number of ether oxygens (including phenoxy) is 1. The first-order chi connectivity index (χ1) is 10.2. The van der Waals surface area contributed by atoms with E-state index in [-0.39, 0.29) is 18.0 Å². The summed E-state index contributed by atoms with van der Waals surface area (Å²) in [6.45, 7) is 14.9. The van der Waals surface area contributed by atoms with Crippen LogP contribution in [0.25, 0.3) is 0 Å². The Morgan fingerprint density at radius 1 is 1.14 bits per heavy atom. The van der Waals surface area contributed by atoms with E-state index in [2.05, 4.69) is 18.4 Å². The minimum absolute atomic E-state index is 0.00343. The molecule has 2 aliphatic heterocycles. The third-order valence-electron chi connectivity index (χ3n) is 4.15. The van der Waals surface area contributed by atoms with Gasteiger partial charge in [0, 0.05) is 44.8 Å². The third kappa shape index (κ3) is 3.80. The molecule has 0 N–H and O–H groups in total. The van der Waals surface area contributed by atoms with Crippen molar-refractivity contribution in [1.29, 1.82) is 0 Å². The maximum Gasteiger partial charge on any atom is 0.410 e. The number of carbonyl (C=O) groups excluding carboxylic acids is 2. The van der Waals surface area contributed by atoms with Gasteiger partial charge in [-0.15, -0.1) is 0 Å². The highest BCUT2D eigenvalue weighted by Gasteiger charge is 2.39. The summed E-state index contributed by atoms with van der Waals surface area (Å²) in [7, 11) is 0. The lowest BCUT2D eigenvalue weighted by Gasteiger charge is -2.50. The molecule has 2 rings (SSSR count). The van der Waals surface area contributed by atoms with Gasteiger partial charge in [-0.25, -0.2) is 4.79 Å². The lowest BCUT2D eigenvalue weighted by Crippen LogP contribution is -2.66. The molecule has 0 aromatic heterocycles. The fraction of sp³-hybridized carbons (Fsp3) is 0.750. The highest BCUT2D eigenvalue weighted by atomic mass is 16.6. The number of hydrogen-bond donors (Lipinski definition) is 0. The standard InChI is InChI=1S/C16H27N3O3/c1-6-14(20)18-10-13(11-18)19-8-7-17(9-12(19)2)15(21)22-16(3,4)5/h6,12-13H,1,7-11H2,2-5H3. The molecule has 2 fully saturated rings. The summed E-state index contributed by atoms with van der Waals surface area (Å²) in [4.78, 5) is 29.6. The van der Waals surface area contributed by atoms with Gasteiger partial charge in [0.2, 0.25) is 5.91 Å². The van der Waals surface area contributed by atoms with Gasteiger partial charge >= 0.3 is 6.09 Å². The van der Waals surface area contributed by atoms with Gasteiger partial charge in [-0.05, 0) is 33.8 Å². The van der Waals surface area contributed by atoms with Crippen LogP contribution in [0.5, 0.6) is 0 Å². The SMILES string of the molecule is C=CC(=O)N1CC(N2CCN(C(=O)OC(C)(C)C)CC2C)C1. The molecule has 0 aromatic carbocycles. The maximum atomic E-state index is 12.1. The Balaban J connectivity index is 1.83. The van der Waals surface area contributed by atoms with Crippen molar-refractivity contribution in [3.63, 3.8) is 0 Å². The molecule has 0 aromatic rings. The molecule has 6 heteroatoms. The van der Waals surface area contributed by atoms with E-state index in [4.69, 9.17) is 4.74 Å². The van der Waals surface area contributed by atoms with Crippen LogP contribution in [0.4, 0.5) is 4.79 Å². The van der Waals surface area contributed by atoms with Crippen molar-refractivity contribution in [1.82, 2.24) is 14.7 Å². The fourth-order valence-corrected chi connectivity index (χ4v) is 2.98. The minimum atomic E-state index is -0.461. The molecule has 2 heterocycles. The summed E-state index contributed by atoms with van der Waals surface area (Å²) in [5.74, 6) is -0.00343. The predicted molar refractivity (Wildman–Crippen MR) is 84.5 cm³/mol. The van der Waals surface area contributed by atoms with Gasteiger partial charge in [-0.2, -0.15) is 0 Å². The Morgan fingerprint density at radius 3 is 2.27 bits per heavy atom. The van der Waals surface area contributed by atoms with Crippen LogP contribution in [-0.4, -0.2) is 77.1 Å². The second-order valence-corrected chi connectivity index (χ2v) is 7.11. The second kappa shape index (κ2) is 6.28. The van der Waals surface area contributed by atoms with E-state index in [1.807, 2.05) is 20.8 Å². The first kappa shape index (κ1) is 16.8. The zero-order chi connectivity index (χ0) is 16.5. The molecular weight excluding hydrogens is 282 g/mol. The Labute approximate surface area is 132 Å². The molecule has 22 heavy (non-hydrogen) atoms. The smallest absolute Gasteiger partial charge is 0.410 e. The van der Waals surface area contributed by atoms with Crippen LogP contribution in [0.3, 0.4) is 0 Å². The molecule has 0 radical (unpaired) electrons. The molecule has 0 bridgehead atoms. The summed E-state index contributed by atoms with van der Waals surface area (Å²) in [5.41, 5.74) is -0.461. The number of nitrogens with zero attached hydrogens (tertiary/aromatic N) is 3. The van der Waals surface area contributed by atoms with Gasteiger partial charge in [0.15, 0.2) is 0 Å². The molecule has 1 atom stereocenters. The van der Waals surface area contributed by atoms with E-state index in [0.717, 1.165) is 19.6 Å². The van der Waals surface area contributed by atoms with Crippen molar-refractivity contribution in [3.8, 4) is 0 Å². The monoisotopic (exact) mass is 309 g/mol. The Bertz CT molecular complexity index is 452. The molecule has 2 saturated heterocycles. The average Bonchev–Trinajstić information content (AvgIpc) is 2.36. The van der Waals surface area contributed by atoms with Crippen LogP contribution in [0.15, 0.2) is 12.7 Å². The largest absolute Gasteiger partial charge is 0.444 e. The highest BCUT2D eigenvalue weighted by molar-refractivity contribution is 5.87. The number of likely N-dealkylation sites (tertiary alicyclic amines) is 1. The molecule has 6 nitrogen and oxygen atoms in total. The van der Waals surface area contributed by atoms with E-state index in [1.54, 1.807) is 9.80 Å². The van der Waals surface area contributed by atoms with Crippen LogP contribution in [0.2, 0.25) is 0 Å². The molecule has 0 aliphatic carbocycles. The van der Waals surface area contributed by atoms with Crippen molar-refractivity contribution in [2.75, 3.05) is 32.7 Å². The molecule has 1 unspecified atom stereocenters. The van der Waals surface area contributed by atoms with Crippen LogP contribution >= 0.6 is 0 Å². The molecule has 0 spiro atoms. The van der Waals surface area contributed by atoms with Crippen LogP contribution < -0.4 is 0 Å². The first-order valence-corrected chi connectivity index (χ1v) is 7.86. The quantitative estimate of drug-likeness (QED) is 0.722. The number of amides is 2. The van der Waals surface area contributed by atoms with Crippen molar-refractivity contribution in [2.45, 2.75) is 45.4 Å². The molecule has 2 aliphatic rings. The van der Waals surface area contributed by atoms with Crippen molar-refractivity contribution >= 4 is 12.0 Å². The Kier molecular flexibility index (Phi) is 4.80. The average molecular weight is 309 g/mol. The minimum Gasteiger partial charge on any atom is -0.444 e. The van der Waals surface area contributed by atoms with E-state index in [1.165, 1.54) is 6.08 Å². The maximum absolute atomic E-state index is 12.1. The summed E-state index contributed by atoms with van der Waals surface area (Å²) < 4.78 is 5.43. The summed E-state index contributed by atoms with van der Waals surface area (Å²) in [5, 5.41) is 0. The van der Waals surface area contributed by atoms with Crippen molar-refractivity contribution in [3.05, 3.63) is 12.7 Å². The van der Waals surface area contributed by atoms with Gasteiger partial charge in [-0.1, -0.05) is 6.58 Å². The number of hydrogen-bond acceptors (Lipinski definition) is 4. The van der Waals surface area contributed by atoms with Crippen molar-refractivity contribution in [2.24, 2.45) is 0 Å². The number of piperazine rings is 1. The molecular formula is C16H27N3O3. The number of rotatable bonds is 2. The van der Waals surface area contributed by atoms with Gasteiger partial charge in [0.1, 0.15) is 5.60 Å². The Morgan fingerprint density at radius 2 is 1.77 bits per heavy atom. The van der Waals surface area contributed by atoms with Crippen LogP contribution in [-0.2, 0) is 9.53 Å². The van der Waals surface area contributed by atoms with Crippen molar-refractivity contribution < 1.29 is 14.3 Å². The first-order valence-electron chi connectivity index (χ1n) is 7.86. The van der Waals surface area contributed by atoms with E-state index < -0.39 is 5.60 Å². The van der Waals surface area contributed by atoms with Gasteiger partial charge < -0.3 is 14.5 Å². The van der Waals surface area contributed by atoms with Crippen LogP contribution in [0, 0.1) is 0 Å². The summed E-state index contributed by atoms with van der Waals surface area (Å²) in [6.07, 6.45) is 1.12. The predicted octanol–water partition coefficient (Wildman–Crippen LogP) is 1.32. The summed E-state index contributed by atoms with van der Waals surface area (Å²) >= 11 is 0. The third-order valence-corrected chi connectivity index (χ3v) is 4.15. The Hall–Kier alpha value is -1.56. The zero-order valence-corrected chi connectivity index (χ0v) is 14.0. The van der Waals surface area contributed by atoms with Crippen LogP contribution in [0.1, 0.15) is 27.7 Å². The molecule has 2 amide bonds. The normalized spacial score (nSPS) is 23.9. The molecule has 0 saturated carbocycles. The van der Waals surface area contributed by atoms with E-state index in [0.29, 0.717) is 19.1 Å². The topological polar surface area (TPSA) is 53.1 Å². The number of carbonyl (C=O) groups is 2. The summed E-state index contributed by atoms with van der Waals surface area (Å²) in [6, 6.07) is 0.659. The van der Waals surface area contributed by atoms with E-state index in [9.17, 15) is 9.59 Å². The lowest BCUT2D eigenvalue weighted by molar-refractivity contribution is -0.134. The van der Waals surface area contributed by atoms with Gasteiger partial charge in [0.05, 0.1) is 0 Å². The zero-order valence-electron chi connectivity index (χ0n) is 14.0. The van der Waals surface area contributed by atoms with E-state index >= 15 is 0 Å². The van der Waals surface area contributed by atoms with Gasteiger partial charge in [0.25, 0.3) is 0 Å². The molecule has 124 valence electrons.